The van der Waals surface area contributed by atoms with Gasteiger partial charge in [0.15, 0.2) is 0 Å². The molecular formula is C12H10ClN3O3. The van der Waals surface area contributed by atoms with Crippen LogP contribution in [-0.2, 0) is 6.54 Å². The number of aromatic nitrogens is 2. The molecule has 0 saturated heterocycles. The van der Waals surface area contributed by atoms with Crippen LogP contribution in [-0.4, -0.2) is 17.5 Å². The summed E-state index contributed by atoms with van der Waals surface area (Å²) in [7, 11) is 0. The van der Waals surface area contributed by atoms with Crippen molar-refractivity contribution in [2.24, 2.45) is 4.99 Å². The van der Waals surface area contributed by atoms with Gasteiger partial charge in [-0.3, -0.25) is 9.32 Å². The van der Waals surface area contributed by atoms with E-state index in [2.05, 4.69) is 10.3 Å². The molecule has 6 nitrogen and oxygen atoms in total. The van der Waals surface area contributed by atoms with E-state index in [-0.39, 0.29) is 18.1 Å². The second-order valence-electron chi connectivity index (χ2n) is 3.76. The van der Waals surface area contributed by atoms with Crippen molar-refractivity contribution in [3.05, 3.63) is 40.5 Å². The molecule has 0 saturated carbocycles. The van der Waals surface area contributed by atoms with E-state index in [1.165, 1.54) is 11.6 Å². The molecule has 0 radical (unpaired) electrons. The van der Waals surface area contributed by atoms with Gasteiger partial charge in [-0.2, -0.15) is 0 Å². The number of benzene rings is 1. The third-order valence-electron chi connectivity index (χ3n) is 2.37. The van der Waals surface area contributed by atoms with Crippen molar-refractivity contribution in [3.63, 3.8) is 0 Å². The van der Waals surface area contributed by atoms with Gasteiger partial charge in [0, 0.05) is 5.56 Å². The van der Waals surface area contributed by atoms with E-state index in [1.807, 2.05) is 6.07 Å². The lowest BCUT2D eigenvalue weighted by Gasteiger charge is -1.97. The summed E-state index contributed by atoms with van der Waals surface area (Å²) in [6.45, 7) is 1.51. The standard InChI is InChI=1S/C12H10ClN3O3/c1-8(18)14-12-11(7-17)16(15-19-12)6-9-4-2-3-5-10(9)13/h2-5,7H,6H2,1H3. The highest BCUT2D eigenvalue weighted by atomic mass is 35.5. The van der Waals surface area contributed by atoms with Crippen molar-refractivity contribution < 1.29 is 19.1 Å². The van der Waals surface area contributed by atoms with Crippen molar-refractivity contribution in [2.45, 2.75) is 13.5 Å². The SMILES string of the molecule is C/C([O-])=N\c1on[n+](Cc2ccccc2Cl)c1C=O. The van der Waals surface area contributed by atoms with Gasteiger partial charge in [0.1, 0.15) is 0 Å². The first kappa shape index (κ1) is 13.2. The Balaban J connectivity index is 2.37. The molecule has 98 valence electrons. The smallest absolute Gasteiger partial charge is 0.339 e. The molecule has 0 spiro atoms. The molecule has 0 amide bonds. The topological polar surface area (TPSA) is 82.4 Å². The maximum absolute atomic E-state index is 11.0. The quantitative estimate of drug-likeness (QED) is 0.360. The maximum atomic E-state index is 11.0. The molecule has 0 N–H and O–H groups in total. The summed E-state index contributed by atoms with van der Waals surface area (Å²) in [6, 6.07) is 7.17. The summed E-state index contributed by atoms with van der Waals surface area (Å²) >= 11 is 6.02. The Hall–Kier alpha value is -2.21. The molecule has 2 rings (SSSR count). The second kappa shape index (κ2) is 5.62. The fraction of sp³-hybridized carbons (Fsp3) is 0.167. The van der Waals surface area contributed by atoms with Crippen LogP contribution >= 0.6 is 11.6 Å². The number of carbonyl (C=O) groups excluding carboxylic acids is 1. The highest BCUT2D eigenvalue weighted by Crippen LogP contribution is 2.16. The fourth-order valence-corrected chi connectivity index (χ4v) is 1.72. The monoisotopic (exact) mass is 279 g/mol. The summed E-state index contributed by atoms with van der Waals surface area (Å²) in [4.78, 5) is 14.6. The van der Waals surface area contributed by atoms with Crippen molar-refractivity contribution in [1.29, 1.82) is 0 Å². The molecule has 0 fully saturated rings. The number of nitrogens with zero attached hydrogens (tertiary/aromatic N) is 3. The highest BCUT2D eigenvalue weighted by Gasteiger charge is 2.24. The van der Waals surface area contributed by atoms with Crippen LogP contribution in [0.3, 0.4) is 0 Å². The largest absolute Gasteiger partial charge is 0.862 e. The molecule has 1 heterocycles. The van der Waals surface area contributed by atoms with Crippen molar-refractivity contribution in [3.8, 4) is 0 Å². The normalized spacial score (nSPS) is 11.6. The Bertz CT molecular complexity index is 633. The van der Waals surface area contributed by atoms with Crippen molar-refractivity contribution in [2.75, 3.05) is 0 Å². The first-order valence-corrected chi connectivity index (χ1v) is 5.80. The zero-order valence-electron chi connectivity index (χ0n) is 10.0. The molecule has 1 aromatic carbocycles. The molecule has 0 aliphatic heterocycles. The van der Waals surface area contributed by atoms with Crippen LogP contribution in [0.2, 0.25) is 5.02 Å². The number of hydrogen-bond donors (Lipinski definition) is 0. The van der Waals surface area contributed by atoms with Crippen LogP contribution < -0.4 is 9.79 Å². The van der Waals surface area contributed by atoms with E-state index in [0.717, 1.165) is 5.56 Å². The van der Waals surface area contributed by atoms with Gasteiger partial charge in [0.05, 0.1) is 5.02 Å². The van der Waals surface area contributed by atoms with Gasteiger partial charge < -0.3 is 5.11 Å². The molecule has 1 aromatic heterocycles. The number of aldehydes is 1. The zero-order chi connectivity index (χ0) is 13.8. The van der Waals surface area contributed by atoms with Crippen LogP contribution in [0.25, 0.3) is 0 Å². The fourth-order valence-electron chi connectivity index (χ4n) is 1.52. The van der Waals surface area contributed by atoms with Gasteiger partial charge in [-0.05, 0) is 23.6 Å². The van der Waals surface area contributed by atoms with Crippen LogP contribution in [0.4, 0.5) is 5.88 Å². The van der Waals surface area contributed by atoms with E-state index < -0.39 is 5.90 Å². The predicted octanol–water partition coefficient (Wildman–Crippen LogP) is 0.886. The number of halogens is 1. The van der Waals surface area contributed by atoms with E-state index in [1.54, 1.807) is 18.2 Å². The summed E-state index contributed by atoms with van der Waals surface area (Å²) < 4.78 is 6.16. The summed E-state index contributed by atoms with van der Waals surface area (Å²) in [5, 5.41) is 15.1. The van der Waals surface area contributed by atoms with Crippen LogP contribution in [0, 0.1) is 0 Å². The first-order chi connectivity index (χ1) is 9.11. The second-order valence-corrected chi connectivity index (χ2v) is 4.17. The van der Waals surface area contributed by atoms with Crippen LogP contribution in [0.15, 0.2) is 33.8 Å². The lowest BCUT2D eigenvalue weighted by atomic mass is 10.2. The summed E-state index contributed by atoms with van der Waals surface area (Å²) in [6.07, 6.45) is 0.537. The predicted molar refractivity (Wildman–Crippen MR) is 65.4 cm³/mol. The molecule has 7 heteroatoms. The average molecular weight is 280 g/mol. The minimum atomic E-state index is -0.468. The number of carbonyl (C=O) groups is 1. The zero-order valence-corrected chi connectivity index (χ0v) is 10.8. The van der Waals surface area contributed by atoms with Crippen molar-refractivity contribution in [1.82, 2.24) is 5.27 Å². The molecule has 0 bridgehead atoms. The molecule has 0 aliphatic rings. The lowest BCUT2D eigenvalue weighted by Crippen LogP contribution is -2.39. The van der Waals surface area contributed by atoms with E-state index >= 15 is 0 Å². The Morgan fingerprint density at radius 3 is 2.95 bits per heavy atom. The Kier molecular flexibility index (Phi) is 3.91. The Labute approximate surface area is 113 Å². The third kappa shape index (κ3) is 2.97. The molecule has 2 aromatic rings. The number of rotatable bonds is 4. The minimum Gasteiger partial charge on any atom is -0.862 e. The highest BCUT2D eigenvalue weighted by molar-refractivity contribution is 6.31. The van der Waals surface area contributed by atoms with Gasteiger partial charge in [-0.25, -0.2) is 4.99 Å². The van der Waals surface area contributed by atoms with Crippen LogP contribution in [0.1, 0.15) is 23.0 Å². The minimum absolute atomic E-state index is 0.0927. The first-order valence-electron chi connectivity index (χ1n) is 5.42. The van der Waals surface area contributed by atoms with Crippen LogP contribution in [0.5, 0.6) is 0 Å². The number of aliphatic imine (C=N–C) groups is 1. The Morgan fingerprint density at radius 1 is 1.58 bits per heavy atom. The molecule has 19 heavy (non-hydrogen) atoms. The van der Waals surface area contributed by atoms with E-state index in [0.29, 0.717) is 11.3 Å². The maximum Gasteiger partial charge on any atom is 0.339 e. The average Bonchev–Trinajstić information content (AvgIpc) is 2.73. The number of hydrogen-bond acceptors (Lipinski definition) is 5. The third-order valence-corrected chi connectivity index (χ3v) is 2.74. The van der Waals surface area contributed by atoms with Gasteiger partial charge in [-0.15, -0.1) is 0 Å². The lowest BCUT2D eigenvalue weighted by molar-refractivity contribution is -0.755. The van der Waals surface area contributed by atoms with Gasteiger partial charge in [0.2, 0.25) is 18.1 Å². The van der Waals surface area contributed by atoms with Gasteiger partial charge in [-0.1, -0.05) is 29.8 Å². The Morgan fingerprint density at radius 2 is 2.32 bits per heavy atom. The molecule has 0 atom stereocenters. The van der Waals surface area contributed by atoms with E-state index in [9.17, 15) is 9.90 Å². The molecule has 0 aliphatic carbocycles. The summed E-state index contributed by atoms with van der Waals surface area (Å²) in [5.41, 5.74) is 0.870. The van der Waals surface area contributed by atoms with Gasteiger partial charge >= 0.3 is 11.6 Å². The van der Waals surface area contributed by atoms with Gasteiger partial charge in [0.25, 0.3) is 0 Å². The van der Waals surface area contributed by atoms with Crippen molar-refractivity contribution >= 4 is 29.7 Å². The summed E-state index contributed by atoms with van der Waals surface area (Å²) in [5.74, 6) is -0.571. The molecular weight excluding hydrogens is 270 g/mol. The molecule has 0 unspecified atom stereocenters. The van der Waals surface area contributed by atoms with E-state index in [4.69, 9.17) is 16.1 Å².